The van der Waals surface area contributed by atoms with Gasteiger partial charge < -0.3 is 18.8 Å². The van der Waals surface area contributed by atoms with Crippen LogP contribution in [0.1, 0.15) is 88.4 Å². The molecule has 0 amide bonds. The Kier molecular flexibility index (Phi) is 7.03. The number of rotatable bonds is 9. The molecule has 6 rings (SSSR count). The quantitative estimate of drug-likeness (QED) is 0.318. The Labute approximate surface area is 223 Å². The Morgan fingerprint density at radius 2 is 1.76 bits per heavy atom. The van der Waals surface area contributed by atoms with Crippen molar-refractivity contribution >= 4 is 22.1 Å². The molecule has 2 atom stereocenters. The average Bonchev–Trinajstić information content (AvgIpc) is 3.28. The SMILES string of the molecule is CC(C)C1(Oc2cc(C(=O)OC34CC5CC(C3)CC(C(=O)OCCS(=O)(=O)[O-])(C5)C4)ccc2F)CCCC1. The first-order valence-electron chi connectivity index (χ1n) is 13.7. The summed E-state index contributed by atoms with van der Waals surface area (Å²) in [5, 5.41) is 0. The van der Waals surface area contributed by atoms with Crippen LogP contribution in [-0.4, -0.2) is 48.5 Å². The van der Waals surface area contributed by atoms with Gasteiger partial charge in [0, 0.05) is 6.42 Å². The van der Waals surface area contributed by atoms with E-state index in [-0.39, 0.29) is 29.1 Å². The highest BCUT2D eigenvalue weighted by Gasteiger charge is 2.63. The van der Waals surface area contributed by atoms with Crippen molar-refractivity contribution in [2.45, 2.75) is 89.3 Å². The molecule has 2 unspecified atom stereocenters. The number of carbonyl (C=O) groups excluding carboxylic acids is 2. The number of hydrogen-bond donors (Lipinski definition) is 0. The molecule has 0 spiro atoms. The Hall–Kier alpha value is -2.20. The third kappa shape index (κ3) is 5.30. The molecule has 0 N–H and O–H groups in total. The van der Waals surface area contributed by atoms with Gasteiger partial charge in [-0.3, -0.25) is 4.79 Å². The van der Waals surface area contributed by atoms with E-state index in [0.29, 0.717) is 32.1 Å². The molecule has 1 aromatic rings. The van der Waals surface area contributed by atoms with Crippen molar-refractivity contribution in [3.63, 3.8) is 0 Å². The molecule has 0 saturated heterocycles. The van der Waals surface area contributed by atoms with E-state index in [1.165, 1.54) is 18.2 Å². The summed E-state index contributed by atoms with van der Waals surface area (Å²) in [5.41, 5.74) is -1.96. The zero-order valence-corrected chi connectivity index (χ0v) is 22.8. The summed E-state index contributed by atoms with van der Waals surface area (Å²) in [6.07, 6.45) is 7.41. The second kappa shape index (κ2) is 9.77. The minimum Gasteiger partial charge on any atom is -0.748 e. The maximum Gasteiger partial charge on any atom is 0.338 e. The highest BCUT2D eigenvalue weighted by Crippen LogP contribution is 2.63. The molecule has 4 bridgehead atoms. The lowest BCUT2D eigenvalue weighted by molar-refractivity contribution is -0.196. The Bertz CT molecular complexity index is 1190. The molecule has 5 aliphatic rings. The van der Waals surface area contributed by atoms with Gasteiger partial charge in [0.2, 0.25) is 0 Å². The molecule has 0 heterocycles. The first kappa shape index (κ1) is 27.4. The first-order valence-corrected chi connectivity index (χ1v) is 15.2. The lowest BCUT2D eigenvalue weighted by Gasteiger charge is -2.59. The van der Waals surface area contributed by atoms with Crippen molar-refractivity contribution in [2.75, 3.05) is 12.4 Å². The van der Waals surface area contributed by atoms with Crippen LogP contribution in [0.4, 0.5) is 4.39 Å². The second-order valence-corrected chi connectivity index (χ2v) is 13.9. The van der Waals surface area contributed by atoms with Crippen molar-refractivity contribution in [3.05, 3.63) is 29.6 Å². The van der Waals surface area contributed by atoms with Crippen LogP contribution in [0, 0.1) is 29.0 Å². The normalized spacial score (nSPS) is 31.4. The fourth-order valence-electron chi connectivity index (χ4n) is 7.88. The predicted octanol–water partition coefficient (Wildman–Crippen LogP) is 4.76. The van der Waals surface area contributed by atoms with Crippen molar-refractivity contribution in [2.24, 2.45) is 23.2 Å². The van der Waals surface area contributed by atoms with E-state index >= 15 is 0 Å². The summed E-state index contributed by atoms with van der Waals surface area (Å²) in [4.78, 5) is 26.5. The minimum absolute atomic E-state index is 0.0499. The smallest absolute Gasteiger partial charge is 0.338 e. The molecular weight excluding hydrogens is 515 g/mol. The van der Waals surface area contributed by atoms with E-state index in [1.54, 1.807) is 0 Å². The zero-order valence-electron chi connectivity index (χ0n) is 22.0. The van der Waals surface area contributed by atoms with Gasteiger partial charge in [-0.2, -0.15) is 0 Å². The topological polar surface area (TPSA) is 119 Å². The van der Waals surface area contributed by atoms with Gasteiger partial charge in [0.15, 0.2) is 11.6 Å². The van der Waals surface area contributed by atoms with E-state index in [2.05, 4.69) is 13.8 Å². The number of ether oxygens (including phenoxy) is 3. The van der Waals surface area contributed by atoms with Crippen LogP contribution < -0.4 is 4.74 Å². The van der Waals surface area contributed by atoms with Crippen LogP contribution in [0.25, 0.3) is 0 Å². The van der Waals surface area contributed by atoms with E-state index in [9.17, 15) is 27.0 Å². The lowest BCUT2D eigenvalue weighted by atomic mass is 9.48. The molecule has 0 aliphatic heterocycles. The fourth-order valence-corrected chi connectivity index (χ4v) is 8.17. The summed E-state index contributed by atoms with van der Waals surface area (Å²) in [7, 11) is -4.49. The molecule has 8 nitrogen and oxygen atoms in total. The summed E-state index contributed by atoms with van der Waals surface area (Å²) in [5.74, 6) is -1.79. The highest BCUT2D eigenvalue weighted by molar-refractivity contribution is 7.85. The van der Waals surface area contributed by atoms with Gasteiger partial charge in [0.05, 0.1) is 26.8 Å². The van der Waals surface area contributed by atoms with Gasteiger partial charge in [0.25, 0.3) is 0 Å². The van der Waals surface area contributed by atoms with E-state index in [1.807, 2.05) is 0 Å². The fraction of sp³-hybridized carbons (Fsp3) is 0.714. The molecule has 210 valence electrons. The van der Waals surface area contributed by atoms with Gasteiger partial charge in [-0.25, -0.2) is 17.6 Å². The minimum atomic E-state index is -4.49. The average molecular weight is 552 g/mol. The number of carbonyl (C=O) groups is 2. The number of benzene rings is 1. The second-order valence-electron chi connectivity index (χ2n) is 12.4. The zero-order chi connectivity index (χ0) is 27.3. The van der Waals surface area contributed by atoms with Crippen LogP contribution in [0.3, 0.4) is 0 Å². The largest absolute Gasteiger partial charge is 0.748 e. The third-order valence-corrected chi connectivity index (χ3v) is 9.97. The van der Waals surface area contributed by atoms with Crippen molar-refractivity contribution in [3.8, 4) is 5.75 Å². The van der Waals surface area contributed by atoms with Gasteiger partial charge in [-0.05, 0) is 93.7 Å². The number of esters is 2. The standard InChI is InChI=1S/C28H37FO8S/c1-18(2)28(7-3-4-8-28)36-23-12-21(5-6-22(23)29)24(30)37-27-15-19-11-20(16-27)14-26(13-19,17-27)25(31)35-9-10-38(32,33)34/h5-6,12,18-20H,3-4,7-11,13-17H2,1-2H3,(H,32,33,34)/p-1. The van der Waals surface area contributed by atoms with Gasteiger partial charge in [-0.15, -0.1) is 0 Å². The van der Waals surface area contributed by atoms with Crippen LogP contribution >= 0.6 is 0 Å². The van der Waals surface area contributed by atoms with Gasteiger partial charge >= 0.3 is 11.9 Å². The maximum absolute atomic E-state index is 14.8. The monoisotopic (exact) mass is 551 g/mol. The summed E-state index contributed by atoms with van der Waals surface area (Å²) >= 11 is 0. The Morgan fingerprint density at radius 1 is 1.11 bits per heavy atom. The molecule has 5 aliphatic carbocycles. The highest BCUT2D eigenvalue weighted by atomic mass is 32.2. The van der Waals surface area contributed by atoms with Gasteiger partial charge in [-0.1, -0.05) is 13.8 Å². The van der Waals surface area contributed by atoms with E-state index in [4.69, 9.17) is 14.2 Å². The van der Waals surface area contributed by atoms with Crippen LogP contribution in [0.15, 0.2) is 18.2 Å². The summed E-state index contributed by atoms with van der Waals surface area (Å²) in [6, 6.07) is 4.06. The third-order valence-electron chi connectivity index (χ3n) is 9.30. The van der Waals surface area contributed by atoms with Crippen molar-refractivity contribution < 1.29 is 41.2 Å². The predicted molar refractivity (Wildman–Crippen MR) is 134 cm³/mol. The van der Waals surface area contributed by atoms with E-state index in [0.717, 1.165) is 32.1 Å². The molecular formula is C28H36FO8S-. The maximum atomic E-state index is 14.8. The number of hydrogen-bond acceptors (Lipinski definition) is 8. The van der Waals surface area contributed by atoms with Crippen molar-refractivity contribution in [1.29, 1.82) is 0 Å². The molecule has 1 aromatic carbocycles. The number of halogens is 1. The lowest BCUT2D eigenvalue weighted by Crippen LogP contribution is -2.60. The van der Waals surface area contributed by atoms with E-state index < -0.39 is 56.9 Å². The summed E-state index contributed by atoms with van der Waals surface area (Å²) in [6.45, 7) is 3.65. The Balaban J connectivity index is 1.32. The van der Waals surface area contributed by atoms with Crippen LogP contribution in [-0.2, 0) is 24.4 Å². The van der Waals surface area contributed by atoms with Gasteiger partial charge in [0.1, 0.15) is 17.8 Å². The molecule has 10 heteroatoms. The van der Waals surface area contributed by atoms with Crippen molar-refractivity contribution in [1.82, 2.24) is 0 Å². The molecule has 38 heavy (non-hydrogen) atoms. The first-order chi connectivity index (χ1) is 17.8. The van der Waals surface area contributed by atoms with Crippen LogP contribution in [0.5, 0.6) is 5.75 Å². The Morgan fingerprint density at radius 3 is 2.37 bits per heavy atom. The van der Waals surface area contributed by atoms with Crippen LogP contribution in [0.2, 0.25) is 0 Å². The molecule has 5 saturated carbocycles. The molecule has 5 fully saturated rings. The molecule has 0 aromatic heterocycles. The molecule has 0 radical (unpaired) electrons. The summed E-state index contributed by atoms with van der Waals surface area (Å²) < 4.78 is 65.2.